The monoisotopic (exact) mass is 265 g/mol. The van der Waals surface area contributed by atoms with Crippen LogP contribution in [-0.4, -0.2) is 16.1 Å². The first-order valence-corrected chi connectivity index (χ1v) is 6.77. The standard InChI is InChI=1S/C14H20ClN3/c1-9(2)18-13-5-4-11(15)7-12(13)17-14(18)6-10(3)8-16/h4-5,7,9-10H,6,8,16H2,1-3H3. The van der Waals surface area contributed by atoms with Crippen molar-refractivity contribution >= 4 is 22.6 Å². The van der Waals surface area contributed by atoms with E-state index in [4.69, 9.17) is 22.3 Å². The van der Waals surface area contributed by atoms with Crippen LogP contribution >= 0.6 is 11.6 Å². The van der Waals surface area contributed by atoms with Crippen LogP contribution in [0.5, 0.6) is 0 Å². The van der Waals surface area contributed by atoms with Crippen molar-refractivity contribution in [1.29, 1.82) is 0 Å². The average Bonchev–Trinajstić information content (AvgIpc) is 2.65. The largest absolute Gasteiger partial charge is 0.330 e. The quantitative estimate of drug-likeness (QED) is 0.921. The molecule has 0 saturated carbocycles. The van der Waals surface area contributed by atoms with Crippen LogP contribution in [0.3, 0.4) is 0 Å². The molecule has 0 aliphatic rings. The Kier molecular flexibility index (Phi) is 3.93. The van der Waals surface area contributed by atoms with Crippen molar-refractivity contribution < 1.29 is 0 Å². The molecular formula is C14H20ClN3. The molecule has 4 heteroatoms. The molecule has 0 bridgehead atoms. The molecule has 18 heavy (non-hydrogen) atoms. The van der Waals surface area contributed by atoms with Crippen LogP contribution in [0.15, 0.2) is 18.2 Å². The Balaban J connectivity index is 2.54. The SMILES string of the molecule is CC(CN)Cc1nc2cc(Cl)ccc2n1C(C)C. The zero-order chi connectivity index (χ0) is 13.3. The third-order valence-electron chi connectivity index (χ3n) is 3.17. The minimum absolute atomic E-state index is 0.385. The molecule has 1 unspecified atom stereocenters. The minimum atomic E-state index is 0.385. The first-order valence-electron chi connectivity index (χ1n) is 6.39. The summed E-state index contributed by atoms with van der Waals surface area (Å²) in [5.41, 5.74) is 7.82. The van der Waals surface area contributed by atoms with Crippen LogP contribution in [0.4, 0.5) is 0 Å². The predicted molar refractivity (Wildman–Crippen MR) is 77.1 cm³/mol. The van der Waals surface area contributed by atoms with E-state index in [0.717, 1.165) is 28.3 Å². The van der Waals surface area contributed by atoms with Crippen molar-refractivity contribution in [2.24, 2.45) is 11.7 Å². The fourth-order valence-electron chi connectivity index (χ4n) is 2.24. The molecule has 0 amide bonds. The number of benzene rings is 1. The highest BCUT2D eigenvalue weighted by Crippen LogP contribution is 2.25. The van der Waals surface area contributed by atoms with E-state index in [1.807, 2.05) is 18.2 Å². The van der Waals surface area contributed by atoms with Crippen molar-refractivity contribution in [2.45, 2.75) is 33.2 Å². The molecule has 0 aliphatic carbocycles. The summed E-state index contributed by atoms with van der Waals surface area (Å²) >= 11 is 6.02. The zero-order valence-corrected chi connectivity index (χ0v) is 11.9. The van der Waals surface area contributed by atoms with Crippen LogP contribution in [-0.2, 0) is 6.42 Å². The van der Waals surface area contributed by atoms with Crippen LogP contribution in [0.25, 0.3) is 11.0 Å². The van der Waals surface area contributed by atoms with Gasteiger partial charge in [0.1, 0.15) is 5.82 Å². The lowest BCUT2D eigenvalue weighted by molar-refractivity contribution is 0.521. The van der Waals surface area contributed by atoms with Crippen LogP contribution < -0.4 is 5.73 Å². The number of halogens is 1. The summed E-state index contributed by atoms with van der Waals surface area (Å²) in [5.74, 6) is 1.54. The number of imidazole rings is 1. The number of aromatic nitrogens is 2. The van der Waals surface area contributed by atoms with Gasteiger partial charge in [0.15, 0.2) is 0 Å². The van der Waals surface area contributed by atoms with Crippen molar-refractivity contribution in [3.05, 3.63) is 29.0 Å². The summed E-state index contributed by atoms with van der Waals surface area (Å²) in [6.07, 6.45) is 0.904. The van der Waals surface area contributed by atoms with Gasteiger partial charge in [-0.25, -0.2) is 4.98 Å². The molecule has 2 rings (SSSR count). The Morgan fingerprint density at radius 2 is 2.06 bits per heavy atom. The summed E-state index contributed by atoms with van der Waals surface area (Å²) in [5, 5.41) is 0.731. The van der Waals surface area contributed by atoms with Crippen LogP contribution in [0, 0.1) is 5.92 Å². The van der Waals surface area contributed by atoms with Gasteiger partial charge in [-0.3, -0.25) is 0 Å². The van der Waals surface area contributed by atoms with E-state index >= 15 is 0 Å². The third-order valence-corrected chi connectivity index (χ3v) is 3.41. The number of rotatable bonds is 4. The molecule has 0 radical (unpaired) electrons. The van der Waals surface area contributed by atoms with E-state index in [-0.39, 0.29) is 0 Å². The van der Waals surface area contributed by atoms with Gasteiger partial charge in [0.05, 0.1) is 11.0 Å². The zero-order valence-electron chi connectivity index (χ0n) is 11.2. The Hall–Kier alpha value is -1.06. The summed E-state index contributed by atoms with van der Waals surface area (Å²) in [7, 11) is 0. The number of hydrogen-bond donors (Lipinski definition) is 1. The van der Waals surface area contributed by atoms with Gasteiger partial charge in [-0.2, -0.15) is 0 Å². The Morgan fingerprint density at radius 1 is 1.33 bits per heavy atom. The molecule has 3 nitrogen and oxygen atoms in total. The summed E-state index contributed by atoms with van der Waals surface area (Å²) in [4.78, 5) is 4.71. The molecule has 2 N–H and O–H groups in total. The topological polar surface area (TPSA) is 43.8 Å². The van der Waals surface area contributed by atoms with Crippen molar-refractivity contribution in [2.75, 3.05) is 6.54 Å². The first kappa shape index (κ1) is 13.4. The Bertz CT molecular complexity index is 545. The summed E-state index contributed by atoms with van der Waals surface area (Å²) in [6.45, 7) is 7.18. The highest BCUT2D eigenvalue weighted by atomic mass is 35.5. The first-order chi connectivity index (χ1) is 8.52. The molecule has 1 heterocycles. The normalized spacial score (nSPS) is 13.4. The third kappa shape index (κ3) is 2.52. The molecule has 98 valence electrons. The maximum absolute atomic E-state index is 6.02. The van der Waals surface area contributed by atoms with Gasteiger partial charge in [0.2, 0.25) is 0 Å². The van der Waals surface area contributed by atoms with Crippen LogP contribution in [0.2, 0.25) is 5.02 Å². The van der Waals surface area contributed by atoms with E-state index in [9.17, 15) is 0 Å². The minimum Gasteiger partial charge on any atom is -0.330 e. The average molecular weight is 266 g/mol. The summed E-state index contributed by atoms with van der Waals surface area (Å²) in [6, 6.07) is 6.27. The molecular weight excluding hydrogens is 246 g/mol. The van der Waals surface area contributed by atoms with Gasteiger partial charge < -0.3 is 10.3 Å². The number of nitrogens with zero attached hydrogens (tertiary/aromatic N) is 2. The van der Waals surface area contributed by atoms with E-state index in [2.05, 4.69) is 25.3 Å². The molecule has 0 fully saturated rings. The van der Waals surface area contributed by atoms with Crippen molar-refractivity contribution in [1.82, 2.24) is 9.55 Å². The Morgan fingerprint density at radius 3 is 2.67 bits per heavy atom. The highest BCUT2D eigenvalue weighted by Gasteiger charge is 2.15. The van der Waals surface area contributed by atoms with Gasteiger partial charge in [-0.1, -0.05) is 18.5 Å². The van der Waals surface area contributed by atoms with Crippen molar-refractivity contribution in [3.63, 3.8) is 0 Å². The van der Waals surface area contributed by atoms with Gasteiger partial charge >= 0.3 is 0 Å². The smallest absolute Gasteiger partial charge is 0.110 e. The Labute approximate surface area is 113 Å². The van der Waals surface area contributed by atoms with Crippen LogP contribution in [0.1, 0.15) is 32.6 Å². The van der Waals surface area contributed by atoms with Gasteiger partial charge in [0.25, 0.3) is 0 Å². The van der Waals surface area contributed by atoms with E-state index < -0.39 is 0 Å². The van der Waals surface area contributed by atoms with E-state index in [1.165, 1.54) is 0 Å². The van der Waals surface area contributed by atoms with E-state index in [0.29, 0.717) is 18.5 Å². The molecule has 1 aromatic carbocycles. The molecule has 1 atom stereocenters. The maximum atomic E-state index is 6.02. The number of nitrogens with two attached hydrogens (primary N) is 1. The molecule has 1 aromatic heterocycles. The van der Waals surface area contributed by atoms with Crippen molar-refractivity contribution in [3.8, 4) is 0 Å². The maximum Gasteiger partial charge on any atom is 0.110 e. The lowest BCUT2D eigenvalue weighted by atomic mass is 10.1. The fraction of sp³-hybridized carbons (Fsp3) is 0.500. The lowest BCUT2D eigenvalue weighted by Crippen LogP contribution is -2.16. The fourth-order valence-corrected chi connectivity index (χ4v) is 2.40. The molecule has 0 aliphatic heterocycles. The van der Waals surface area contributed by atoms with Gasteiger partial charge in [0, 0.05) is 17.5 Å². The second-order valence-corrected chi connectivity index (χ2v) is 5.61. The molecule has 0 saturated heterocycles. The summed E-state index contributed by atoms with van der Waals surface area (Å²) < 4.78 is 2.28. The van der Waals surface area contributed by atoms with Gasteiger partial charge in [-0.15, -0.1) is 0 Å². The lowest BCUT2D eigenvalue weighted by Gasteiger charge is -2.15. The van der Waals surface area contributed by atoms with Gasteiger partial charge in [-0.05, 0) is 44.5 Å². The number of hydrogen-bond acceptors (Lipinski definition) is 2. The molecule has 0 spiro atoms. The molecule has 2 aromatic rings. The number of fused-ring (bicyclic) bond motifs is 1. The highest BCUT2D eigenvalue weighted by molar-refractivity contribution is 6.31. The van der Waals surface area contributed by atoms with E-state index in [1.54, 1.807) is 0 Å². The second-order valence-electron chi connectivity index (χ2n) is 5.17. The second kappa shape index (κ2) is 5.29. The predicted octanol–water partition coefficient (Wildman–Crippen LogP) is 3.41.